The molecule has 0 bridgehead atoms. The number of aliphatic imine (C=N–C) groups is 1. The van der Waals surface area contributed by atoms with Crippen molar-refractivity contribution in [3.8, 4) is 5.75 Å². The number of benzene rings is 1. The fourth-order valence-electron chi connectivity index (χ4n) is 3.29. The van der Waals surface area contributed by atoms with E-state index in [1.807, 2.05) is 19.1 Å². The molecule has 1 fully saturated rings. The van der Waals surface area contributed by atoms with Gasteiger partial charge in [0.1, 0.15) is 12.4 Å². The van der Waals surface area contributed by atoms with E-state index >= 15 is 0 Å². The first-order valence-corrected chi connectivity index (χ1v) is 10.7. The second-order valence-corrected chi connectivity index (χ2v) is 7.22. The molecule has 0 aliphatic carbocycles. The van der Waals surface area contributed by atoms with Gasteiger partial charge in [0.15, 0.2) is 5.96 Å². The fourth-order valence-corrected chi connectivity index (χ4v) is 3.29. The SMILES string of the molecule is CCOCCCNC(=NC)NCc1cccc(OCCN(C)C2CCOCC2)c1.I. The Bertz CT molecular complexity index is 598. The third-order valence-corrected chi connectivity index (χ3v) is 5.07. The standard InChI is InChI=1S/C22H38N4O3.HI/c1-4-27-13-6-11-24-22(23-2)25-18-19-7-5-8-21(17-19)29-16-12-26(3)20-9-14-28-15-10-20;/h5,7-8,17,20H,4,6,9-16,18H2,1-3H3,(H2,23,24,25);1H. The summed E-state index contributed by atoms with van der Waals surface area (Å²) in [6.45, 7) is 8.43. The summed E-state index contributed by atoms with van der Waals surface area (Å²) >= 11 is 0. The number of rotatable bonds is 12. The smallest absolute Gasteiger partial charge is 0.191 e. The Kier molecular flexibility index (Phi) is 14.9. The van der Waals surface area contributed by atoms with Gasteiger partial charge in [-0.3, -0.25) is 9.89 Å². The molecule has 2 rings (SSSR count). The van der Waals surface area contributed by atoms with E-state index in [1.165, 1.54) is 0 Å². The lowest BCUT2D eigenvalue weighted by atomic mass is 10.1. The van der Waals surface area contributed by atoms with Crippen LogP contribution in [0.15, 0.2) is 29.3 Å². The van der Waals surface area contributed by atoms with Crippen molar-refractivity contribution in [3.63, 3.8) is 0 Å². The van der Waals surface area contributed by atoms with Gasteiger partial charge in [-0.1, -0.05) is 12.1 Å². The number of nitrogens with zero attached hydrogens (tertiary/aromatic N) is 2. The molecule has 1 aliphatic heterocycles. The van der Waals surface area contributed by atoms with Crippen LogP contribution in [0.25, 0.3) is 0 Å². The van der Waals surface area contributed by atoms with Crippen LogP contribution < -0.4 is 15.4 Å². The molecule has 0 radical (unpaired) electrons. The molecule has 2 N–H and O–H groups in total. The lowest BCUT2D eigenvalue weighted by Gasteiger charge is -2.31. The number of likely N-dealkylation sites (N-methyl/N-ethyl adjacent to an activating group) is 1. The highest BCUT2D eigenvalue weighted by molar-refractivity contribution is 14.0. The van der Waals surface area contributed by atoms with Crippen LogP contribution >= 0.6 is 24.0 Å². The van der Waals surface area contributed by atoms with Gasteiger partial charge in [-0.05, 0) is 50.9 Å². The highest BCUT2D eigenvalue weighted by atomic mass is 127. The van der Waals surface area contributed by atoms with E-state index in [2.05, 4.69) is 39.7 Å². The zero-order valence-electron chi connectivity index (χ0n) is 18.7. The van der Waals surface area contributed by atoms with Gasteiger partial charge in [0, 0.05) is 59.2 Å². The largest absolute Gasteiger partial charge is 0.492 e. The quantitative estimate of drug-likeness (QED) is 0.186. The molecule has 0 saturated carbocycles. The lowest BCUT2D eigenvalue weighted by molar-refractivity contribution is 0.0392. The Balaban J connectivity index is 0.00000450. The maximum atomic E-state index is 5.98. The monoisotopic (exact) mass is 534 g/mol. The maximum Gasteiger partial charge on any atom is 0.191 e. The van der Waals surface area contributed by atoms with Crippen molar-refractivity contribution in [2.45, 2.75) is 38.8 Å². The summed E-state index contributed by atoms with van der Waals surface area (Å²) < 4.78 is 16.8. The van der Waals surface area contributed by atoms with Crippen molar-refractivity contribution in [2.24, 2.45) is 4.99 Å². The van der Waals surface area contributed by atoms with E-state index in [1.54, 1.807) is 7.05 Å². The topological polar surface area (TPSA) is 67.3 Å². The predicted octanol–water partition coefficient (Wildman–Crippen LogP) is 2.89. The van der Waals surface area contributed by atoms with Gasteiger partial charge >= 0.3 is 0 Å². The number of guanidine groups is 1. The molecule has 0 spiro atoms. The Morgan fingerprint density at radius 2 is 2.03 bits per heavy atom. The molecule has 1 aromatic rings. The van der Waals surface area contributed by atoms with Crippen LogP contribution in [0.2, 0.25) is 0 Å². The molecule has 0 atom stereocenters. The Morgan fingerprint density at radius 1 is 1.23 bits per heavy atom. The number of hydrogen-bond acceptors (Lipinski definition) is 5. The van der Waals surface area contributed by atoms with E-state index in [-0.39, 0.29) is 24.0 Å². The minimum absolute atomic E-state index is 0. The van der Waals surface area contributed by atoms with Crippen molar-refractivity contribution in [1.29, 1.82) is 0 Å². The van der Waals surface area contributed by atoms with Crippen LogP contribution in [0.4, 0.5) is 0 Å². The second-order valence-electron chi connectivity index (χ2n) is 7.22. The highest BCUT2D eigenvalue weighted by Gasteiger charge is 2.17. The van der Waals surface area contributed by atoms with Crippen LogP contribution in [-0.4, -0.2) is 77.1 Å². The molecule has 1 aromatic carbocycles. The third-order valence-electron chi connectivity index (χ3n) is 5.07. The summed E-state index contributed by atoms with van der Waals surface area (Å²) in [5, 5.41) is 6.65. The summed E-state index contributed by atoms with van der Waals surface area (Å²) in [6.07, 6.45) is 3.18. The summed E-state index contributed by atoms with van der Waals surface area (Å²) in [6, 6.07) is 8.84. The maximum absolute atomic E-state index is 5.98. The Hall–Kier alpha value is -1.10. The molecule has 0 unspecified atom stereocenters. The molecule has 7 nitrogen and oxygen atoms in total. The minimum Gasteiger partial charge on any atom is -0.492 e. The summed E-state index contributed by atoms with van der Waals surface area (Å²) in [5.74, 6) is 1.70. The normalized spacial score (nSPS) is 15.0. The van der Waals surface area contributed by atoms with Crippen LogP contribution in [-0.2, 0) is 16.0 Å². The summed E-state index contributed by atoms with van der Waals surface area (Å²) in [4.78, 5) is 6.65. The van der Waals surface area contributed by atoms with E-state index in [4.69, 9.17) is 14.2 Å². The van der Waals surface area contributed by atoms with E-state index in [9.17, 15) is 0 Å². The first-order valence-electron chi connectivity index (χ1n) is 10.7. The van der Waals surface area contributed by atoms with Crippen molar-refractivity contribution in [1.82, 2.24) is 15.5 Å². The minimum atomic E-state index is 0. The van der Waals surface area contributed by atoms with Crippen LogP contribution in [0.3, 0.4) is 0 Å². The number of halogens is 1. The number of nitrogens with one attached hydrogen (secondary N) is 2. The zero-order chi connectivity index (χ0) is 20.7. The average Bonchev–Trinajstić information content (AvgIpc) is 2.76. The molecule has 1 saturated heterocycles. The molecule has 0 amide bonds. The third kappa shape index (κ3) is 10.8. The second kappa shape index (κ2) is 16.6. The van der Waals surface area contributed by atoms with Crippen LogP contribution in [0.1, 0.15) is 31.7 Å². The molecule has 172 valence electrons. The summed E-state index contributed by atoms with van der Waals surface area (Å²) in [5.41, 5.74) is 1.16. The first-order chi connectivity index (χ1) is 14.2. The van der Waals surface area contributed by atoms with Crippen molar-refractivity contribution < 1.29 is 14.2 Å². The molecular formula is C22H39IN4O3. The Morgan fingerprint density at radius 3 is 2.77 bits per heavy atom. The first kappa shape index (κ1) is 26.9. The Labute approximate surface area is 199 Å². The predicted molar refractivity (Wildman–Crippen MR) is 133 cm³/mol. The van der Waals surface area contributed by atoms with Gasteiger partial charge in [-0.2, -0.15) is 0 Å². The van der Waals surface area contributed by atoms with Gasteiger partial charge in [0.2, 0.25) is 0 Å². The van der Waals surface area contributed by atoms with Gasteiger partial charge in [0.05, 0.1) is 0 Å². The fraction of sp³-hybridized carbons (Fsp3) is 0.682. The average molecular weight is 534 g/mol. The van der Waals surface area contributed by atoms with Gasteiger partial charge in [0.25, 0.3) is 0 Å². The number of hydrogen-bond donors (Lipinski definition) is 2. The van der Waals surface area contributed by atoms with Gasteiger partial charge < -0.3 is 24.8 Å². The molecule has 0 aromatic heterocycles. The lowest BCUT2D eigenvalue weighted by Crippen LogP contribution is -2.38. The van der Waals surface area contributed by atoms with Gasteiger partial charge in [-0.25, -0.2) is 0 Å². The van der Waals surface area contributed by atoms with E-state index in [0.717, 1.165) is 76.1 Å². The van der Waals surface area contributed by atoms with Gasteiger partial charge in [-0.15, -0.1) is 24.0 Å². The zero-order valence-corrected chi connectivity index (χ0v) is 21.0. The van der Waals surface area contributed by atoms with Crippen molar-refractivity contribution in [3.05, 3.63) is 29.8 Å². The molecule has 1 heterocycles. The highest BCUT2D eigenvalue weighted by Crippen LogP contribution is 2.15. The van der Waals surface area contributed by atoms with E-state index < -0.39 is 0 Å². The number of ether oxygens (including phenoxy) is 3. The summed E-state index contributed by atoms with van der Waals surface area (Å²) in [7, 11) is 3.96. The molecular weight excluding hydrogens is 495 g/mol. The van der Waals surface area contributed by atoms with Crippen molar-refractivity contribution in [2.75, 3.05) is 60.2 Å². The molecule has 30 heavy (non-hydrogen) atoms. The van der Waals surface area contributed by atoms with Crippen LogP contribution in [0.5, 0.6) is 5.75 Å². The van der Waals surface area contributed by atoms with Crippen molar-refractivity contribution >= 4 is 29.9 Å². The molecule has 1 aliphatic rings. The molecule has 8 heteroatoms. The van der Waals surface area contributed by atoms with Crippen LogP contribution in [0, 0.1) is 0 Å². The van der Waals surface area contributed by atoms with E-state index in [0.29, 0.717) is 19.2 Å².